The maximum atomic E-state index is 12.7. The van der Waals surface area contributed by atoms with E-state index in [1.165, 1.54) is 19.3 Å². The minimum Gasteiger partial charge on any atom is -0.379 e. The molecule has 0 spiro atoms. The maximum Gasteiger partial charge on any atom is 0.319 e. The fraction of sp³-hybridized carbons (Fsp3) is 0.500. The summed E-state index contributed by atoms with van der Waals surface area (Å²) >= 11 is 1.69. The fourth-order valence-corrected chi connectivity index (χ4v) is 5.41. The summed E-state index contributed by atoms with van der Waals surface area (Å²) < 4.78 is 5.55. The van der Waals surface area contributed by atoms with E-state index in [9.17, 15) is 4.79 Å². The summed E-state index contributed by atoms with van der Waals surface area (Å²) in [6.45, 7) is 4.18. The van der Waals surface area contributed by atoms with Gasteiger partial charge in [0.2, 0.25) is 0 Å². The monoisotopic (exact) mass is 440 g/mol. The molecule has 2 N–H and O–H groups in total. The van der Waals surface area contributed by atoms with Crippen LogP contribution in [0.1, 0.15) is 37.7 Å². The number of morpholine rings is 1. The highest BCUT2D eigenvalue weighted by Crippen LogP contribution is 2.34. The second-order valence-electron chi connectivity index (χ2n) is 8.35. The highest BCUT2D eigenvalue weighted by molar-refractivity contribution is 7.98. The van der Waals surface area contributed by atoms with Gasteiger partial charge in [-0.25, -0.2) is 9.78 Å². The van der Waals surface area contributed by atoms with E-state index < -0.39 is 0 Å². The molecule has 2 fully saturated rings. The lowest BCUT2D eigenvalue weighted by Gasteiger charge is -2.48. The van der Waals surface area contributed by atoms with Gasteiger partial charge in [0.15, 0.2) is 0 Å². The first-order valence-corrected chi connectivity index (χ1v) is 12.2. The topological polar surface area (TPSA) is 66.5 Å². The second kappa shape index (κ2) is 11.0. The van der Waals surface area contributed by atoms with Crippen molar-refractivity contribution < 1.29 is 9.53 Å². The first-order valence-electron chi connectivity index (χ1n) is 11.2. The molecule has 0 unspecified atom stereocenters. The molecule has 4 rings (SSSR count). The van der Waals surface area contributed by atoms with Crippen LogP contribution in [-0.2, 0) is 10.5 Å². The molecular weight excluding hydrogens is 408 g/mol. The number of ether oxygens (including phenoxy) is 1. The van der Waals surface area contributed by atoms with E-state index in [-0.39, 0.29) is 11.6 Å². The van der Waals surface area contributed by atoms with E-state index in [1.807, 2.05) is 36.4 Å². The number of anilines is 1. The smallest absolute Gasteiger partial charge is 0.319 e. The average Bonchev–Trinajstić information content (AvgIpc) is 2.84. The number of carbonyl (C=O) groups excluding carboxylic acids is 1. The zero-order valence-corrected chi connectivity index (χ0v) is 18.8. The lowest BCUT2D eigenvalue weighted by molar-refractivity contribution is -0.0356. The Morgan fingerprint density at radius 2 is 1.94 bits per heavy atom. The van der Waals surface area contributed by atoms with Crippen molar-refractivity contribution in [3.05, 3.63) is 54.2 Å². The van der Waals surface area contributed by atoms with Gasteiger partial charge in [-0.15, -0.1) is 11.8 Å². The molecule has 1 aliphatic carbocycles. The Morgan fingerprint density at radius 1 is 1.10 bits per heavy atom. The molecule has 7 heteroatoms. The number of hydrogen-bond donors (Lipinski definition) is 2. The summed E-state index contributed by atoms with van der Waals surface area (Å²) in [6, 6.07) is 13.8. The van der Waals surface area contributed by atoms with Crippen molar-refractivity contribution in [3.63, 3.8) is 0 Å². The summed E-state index contributed by atoms with van der Waals surface area (Å²) in [5, 5.41) is 7.19. The summed E-state index contributed by atoms with van der Waals surface area (Å²) in [5.74, 6) is 0.814. The largest absolute Gasteiger partial charge is 0.379 e. The lowest BCUT2D eigenvalue weighted by atomic mass is 9.80. The Labute approximate surface area is 189 Å². The van der Waals surface area contributed by atoms with Gasteiger partial charge in [0.1, 0.15) is 0 Å². The molecule has 0 bridgehead atoms. The number of carbonyl (C=O) groups is 1. The predicted octanol–water partition coefficient (Wildman–Crippen LogP) is 4.53. The zero-order valence-electron chi connectivity index (χ0n) is 18.0. The van der Waals surface area contributed by atoms with Crippen LogP contribution in [-0.4, -0.2) is 54.3 Å². The van der Waals surface area contributed by atoms with E-state index >= 15 is 0 Å². The average molecular weight is 441 g/mol. The van der Waals surface area contributed by atoms with Crippen molar-refractivity contribution >= 4 is 23.5 Å². The first kappa shape index (κ1) is 22.1. The fourth-order valence-electron chi connectivity index (χ4n) is 4.60. The number of urea groups is 1. The molecule has 2 amide bonds. The van der Waals surface area contributed by atoms with Gasteiger partial charge in [-0.05, 0) is 42.7 Å². The van der Waals surface area contributed by atoms with Crippen molar-refractivity contribution in [2.45, 2.75) is 48.4 Å². The molecule has 1 aromatic carbocycles. The van der Waals surface area contributed by atoms with Crippen LogP contribution < -0.4 is 10.6 Å². The van der Waals surface area contributed by atoms with Crippen LogP contribution in [0.15, 0.2) is 53.7 Å². The van der Waals surface area contributed by atoms with Gasteiger partial charge < -0.3 is 15.4 Å². The quantitative estimate of drug-likeness (QED) is 0.619. The van der Waals surface area contributed by atoms with Gasteiger partial charge in [0.25, 0.3) is 0 Å². The van der Waals surface area contributed by atoms with Gasteiger partial charge in [-0.2, -0.15) is 0 Å². The molecule has 6 nitrogen and oxygen atoms in total. The molecule has 0 atom stereocenters. The Bertz CT molecular complexity index is 836. The van der Waals surface area contributed by atoms with Gasteiger partial charge in [0.05, 0.1) is 18.2 Å². The van der Waals surface area contributed by atoms with Crippen molar-refractivity contribution in [2.24, 2.45) is 0 Å². The molecule has 31 heavy (non-hydrogen) atoms. The number of thioether (sulfide) groups is 1. The van der Waals surface area contributed by atoms with E-state index in [2.05, 4.69) is 26.6 Å². The van der Waals surface area contributed by atoms with E-state index in [1.54, 1.807) is 18.0 Å². The number of amides is 2. The number of aromatic nitrogens is 1. The number of pyridine rings is 1. The molecular formula is C24H32N4O2S. The van der Waals surface area contributed by atoms with Crippen molar-refractivity contribution in [2.75, 3.05) is 38.2 Å². The zero-order chi connectivity index (χ0) is 21.4. The Balaban J connectivity index is 1.31. The van der Waals surface area contributed by atoms with Crippen LogP contribution in [0.5, 0.6) is 0 Å². The van der Waals surface area contributed by atoms with Crippen molar-refractivity contribution in [3.8, 4) is 0 Å². The van der Waals surface area contributed by atoms with Crippen LogP contribution in [0.25, 0.3) is 0 Å². The van der Waals surface area contributed by atoms with Gasteiger partial charge >= 0.3 is 6.03 Å². The van der Waals surface area contributed by atoms with Crippen LogP contribution in [0.3, 0.4) is 0 Å². The molecule has 1 saturated carbocycles. The highest BCUT2D eigenvalue weighted by Gasteiger charge is 2.38. The number of nitrogens with zero attached hydrogens (tertiary/aromatic N) is 2. The molecule has 2 aromatic rings. The van der Waals surface area contributed by atoms with Crippen molar-refractivity contribution in [1.82, 2.24) is 15.2 Å². The summed E-state index contributed by atoms with van der Waals surface area (Å²) in [6.07, 6.45) is 7.86. The molecule has 1 saturated heterocycles. The van der Waals surface area contributed by atoms with Crippen molar-refractivity contribution in [1.29, 1.82) is 0 Å². The predicted molar refractivity (Wildman–Crippen MR) is 125 cm³/mol. The molecule has 2 heterocycles. The SMILES string of the molecule is O=C(NCC1(N2CCOCC2)CCCCC1)Nc1cccc(CSc2ccccn2)c1. The standard InChI is InChI=1S/C24H32N4O2S/c29-23(26-19-24(10-3-1-4-11-24)28-13-15-30-16-14-28)27-21-8-6-7-20(17-21)18-31-22-9-2-5-12-25-22/h2,5-9,12,17H,1,3-4,10-11,13-16,18-19H2,(H2,26,27,29). The van der Waals surface area contributed by atoms with Gasteiger partial charge in [0, 0.05) is 42.8 Å². The third-order valence-electron chi connectivity index (χ3n) is 6.25. The van der Waals surface area contributed by atoms with Gasteiger partial charge in [-0.1, -0.05) is 37.5 Å². The van der Waals surface area contributed by atoms with Crippen LogP contribution >= 0.6 is 11.8 Å². The van der Waals surface area contributed by atoms with Crippen LogP contribution in [0, 0.1) is 0 Å². The molecule has 166 valence electrons. The third-order valence-corrected chi connectivity index (χ3v) is 7.27. The van der Waals surface area contributed by atoms with E-state index in [0.29, 0.717) is 6.54 Å². The second-order valence-corrected chi connectivity index (χ2v) is 9.34. The first-order chi connectivity index (χ1) is 15.2. The molecule has 1 aliphatic heterocycles. The van der Waals surface area contributed by atoms with E-state index in [4.69, 9.17) is 4.74 Å². The Hall–Kier alpha value is -2.09. The molecule has 1 aromatic heterocycles. The minimum absolute atomic E-state index is 0.0700. The molecule has 0 radical (unpaired) electrons. The lowest BCUT2D eigenvalue weighted by Crippen LogP contribution is -2.60. The maximum absolute atomic E-state index is 12.7. The number of nitrogens with one attached hydrogen (secondary N) is 2. The van der Waals surface area contributed by atoms with Crippen LogP contribution in [0.4, 0.5) is 10.5 Å². The highest BCUT2D eigenvalue weighted by atomic mass is 32.2. The number of hydrogen-bond acceptors (Lipinski definition) is 5. The van der Waals surface area contributed by atoms with Crippen LogP contribution in [0.2, 0.25) is 0 Å². The molecule has 2 aliphatic rings. The third kappa shape index (κ3) is 6.21. The summed E-state index contributed by atoms with van der Waals surface area (Å²) in [5.41, 5.74) is 2.05. The normalized spacial score (nSPS) is 19.0. The van der Waals surface area contributed by atoms with Gasteiger partial charge in [-0.3, -0.25) is 4.90 Å². The Kier molecular flexibility index (Phi) is 7.83. The van der Waals surface area contributed by atoms with E-state index in [0.717, 1.165) is 61.2 Å². The Morgan fingerprint density at radius 3 is 2.71 bits per heavy atom. The number of rotatable bonds is 7. The minimum atomic E-state index is -0.132. The number of benzene rings is 1. The summed E-state index contributed by atoms with van der Waals surface area (Å²) in [4.78, 5) is 19.6. The summed E-state index contributed by atoms with van der Waals surface area (Å²) in [7, 11) is 0.